The maximum atomic E-state index is 13.4. The number of hydrogen-bond acceptors (Lipinski definition) is 3. The lowest BCUT2D eigenvalue weighted by Gasteiger charge is -2.19. The molecular weight excluding hydrogens is 291 g/mol. The highest BCUT2D eigenvalue weighted by Gasteiger charge is 2.20. The molecule has 0 radical (unpaired) electrons. The first kappa shape index (κ1) is 13.8. The van der Waals surface area contributed by atoms with E-state index in [1.165, 1.54) is 6.07 Å². The first-order chi connectivity index (χ1) is 7.74. The van der Waals surface area contributed by atoms with Gasteiger partial charge >= 0.3 is 5.97 Å². The van der Waals surface area contributed by atoms with Gasteiger partial charge in [0.15, 0.2) is 6.29 Å². The van der Waals surface area contributed by atoms with Crippen LogP contribution in [0.25, 0.3) is 0 Å². The summed E-state index contributed by atoms with van der Waals surface area (Å²) >= 11 is 3.03. The Balaban J connectivity index is 3.09. The molecule has 0 atom stereocenters. The number of benzene rings is 1. The number of rotatable bonds is 2. The molecule has 3 nitrogen and oxygen atoms in total. The van der Waals surface area contributed by atoms with Crippen molar-refractivity contribution in [3.63, 3.8) is 0 Å². The summed E-state index contributed by atoms with van der Waals surface area (Å²) in [7, 11) is 0. The van der Waals surface area contributed by atoms with Crippen LogP contribution in [-0.2, 0) is 4.74 Å². The SMILES string of the molecule is CC(C)(C)OC(=O)c1cc(F)c(C=O)c(Br)c1. The first-order valence-electron chi connectivity index (χ1n) is 4.92. The molecule has 0 fully saturated rings. The van der Waals surface area contributed by atoms with Crippen LogP contribution in [0.3, 0.4) is 0 Å². The molecule has 0 bridgehead atoms. The second-order valence-electron chi connectivity index (χ2n) is 4.47. The third-order valence-corrected chi connectivity index (χ3v) is 2.49. The van der Waals surface area contributed by atoms with E-state index < -0.39 is 17.4 Å². The fourth-order valence-electron chi connectivity index (χ4n) is 1.15. The number of ether oxygens (including phenoxy) is 1. The second kappa shape index (κ2) is 4.96. The van der Waals surface area contributed by atoms with Gasteiger partial charge < -0.3 is 4.74 Å². The number of esters is 1. The number of aldehydes is 1. The topological polar surface area (TPSA) is 43.4 Å². The third-order valence-electron chi connectivity index (χ3n) is 1.83. The van der Waals surface area contributed by atoms with Gasteiger partial charge in [-0.2, -0.15) is 0 Å². The van der Waals surface area contributed by atoms with E-state index in [9.17, 15) is 14.0 Å². The number of carbonyl (C=O) groups excluding carboxylic acids is 2. The van der Waals surface area contributed by atoms with Crippen LogP contribution in [0, 0.1) is 5.82 Å². The molecule has 1 rings (SSSR count). The van der Waals surface area contributed by atoms with Crippen molar-refractivity contribution < 1.29 is 18.7 Å². The fraction of sp³-hybridized carbons (Fsp3) is 0.333. The lowest BCUT2D eigenvalue weighted by Crippen LogP contribution is -2.24. The van der Waals surface area contributed by atoms with Gasteiger partial charge in [-0.3, -0.25) is 4.79 Å². The fourth-order valence-corrected chi connectivity index (χ4v) is 1.68. The van der Waals surface area contributed by atoms with Crippen molar-refractivity contribution in [1.82, 2.24) is 0 Å². The van der Waals surface area contributed by atoms with Gasteiger partial charge in [0.25, 0.3) is 0 Å². The van der Waals surface area contributed by atoms with Gasteiger partial charge in [0.05, 0.1) is 11.1 Å². The molecule has 0 heterocycles. The van der Waals surface area contributed by atoms with E-state index in [0.717, 1.165) is 6.07 Å². The summed E-state index contributed by atoms with van der Waals surface area (Å²) in [6, 6.07) is 2.35. The Labute approximate surface area is 107 Å². The molecule has 92 valence electrons. The molecule has 0 aliphatic carbocycles. The van der Waals surface area contributed by atoms with Gasteiger partial charge in [-0.1, -0.05) is 0 Å². The summed E-state index contributed by atoms with van der Waals surface area (Å²) in [5.74, 6) is -1.38. The van der Waals surface area contributed by atoms with Crippen LogP contribution in [0.2, 0.25) is 0 Å². The monoisotopic (exact) mass is 302 g/mol. The Kier molecular flexibility index (Phi) is 4.03. The smallest absolute Gasteiger partial charge is 0.338 e. The van der Waals surface area contributed by atoms with E-state index in [1.54, 1.807) is 20.8 Å². The average molecular weight is 303 g/mol. The van der Waals surface area contributed by atoms with Crippen LogP contribution in [0.1, 0.15) is 41.5 Å². The molecule has 0 aliphatic heterocycles. The van der Waals surface area contributed by atoms with Crippen LogP contribution in [0.15, 0.2) is 16.6 Å². The molecule has 0 amide bonds. The van der Waals surface area contributed by atoms with Crippen LogP contribution >= 0.6 is 15.9 Å². The predicted octanol–water partition coefficient (Wildman–Crippen LogP) is 3.36. The lowest BCUT2D eigenvalue weighted by molar-refractivity contribution is 0.00687. The lowest BCUT2D eigenvalue weighted by atomic mass is 10.1. The summed E-state index contributed by atoms with van der Waals surface area (Å²) < 4.78 is 18.8. The summed E-state index contributed by atoms with van der Waals surface area (Å²) in [6.07, 6.45) is 0.387. The quantitative estimate of drug-likeness (QED) is 0.621. The Morgan fingerprint density at radius 3 is 2.41 bits per heavy atom. The zero-order valence-corrected chi connectivity index (χ0v) is 11.3. The van der Waals surface area contributed by atoms with E-state index >= 15 is 0 Å². The number of halogens is 2. The largest absolute Gasteiger partial charge is 0.456 e. The second-order valence-corrected chi connectivity index (χ2v) is 5.33. The van der Waals surface area contributed by atoms with E-state index in [-0.39, 0.29) is 15.6 Å². The van der Waals surface area contributed by atoms with Crippen molar-refractivity contribution in [2.75, 3.05) is 0 Å². The zero-order chi connectivity index (χ0) is 13.2. The molecule has 0 N–H and O–H groups in total. The Morgan fingerprint density at radius 1 is 1.41 bits per heavy atom. The van der Waals surface area contributed by atoms with E-state index in [0.29, 0.717) is 6.29 Å². The van der Waals surface area contributed by atoms with Crippen molar-refractivity contribution >= 4 is 28.2 Å². The summed E-state index contributed by atoms with van der Waals surface area (Å²) in [5, 5.41) is 0. The Morgan fingerprint density at radius 2 is 2.00 bits per heavy atom. The Bertz CT molecular complexity index is 440. The van der Waals surface area contributed by atoms with Crippen molar-refractivity contribution in [3.05, 3.63) is 33.5 Å². The minimum absolute atomic E-state index is 0.0647. The van der Waals surface area contributed by atoms with Gasteiger partial charge in [0.1, 0.15) is 11.4 Å². The molecule has 1 aromatic rings. The zero-order valence-electron chi connectivity index (χ0n) is 9.71. The molecule has 0 saturated carbocycles. The van der Waals surface area contributed by atoms with Crippen molar-refractivity contribution in [3.8, 4) is 0 Å². The van der Waals surface area contributed by atoms with Gasteiger partial charge in [0, 0.05) is 4.47 Å². The molecule has 17 heavy (non-hydrogen) atoms. The number of hydrogen-bond donors (Lipinski definition) is 0. The summed E-state index contributed by atoms with van der Waals surface area (Å²) in [5.41, 5.74) is -0.698. The van der Waals surface area contributed by atoms with Gasteiger partial charge in [0.2, 0.25) is 0 Å². The number of carbonyl (C=O) groups is 2. The molecule has 0 unspecified atom stereocenters. The summed E-state index contributed by atoms with van der Waals surface area (Å²) in [4.78, 5) is 22.2. The molecular formula is C12H12BrFO3. The van der Waals surface area contributed by atoms with Crippen molar-refractivity contribution in [2.24, 2.45) is 0 Å². The van der Waals surface area contributed by atoms with Crippen molar-refractivity contribution in [2.45, 2.75) is 26.4 Å². The molecule has 1 aromatic carbocycles. The van der Waals surface area contributed by atoms with Gasteiger partial charge in [-0.15, -0.1) is 0 Å². The first-order valence-corrected chi connectivity index (χ1v) is 5.71. The van der Waals surface area contributed by atoms with E-state index in [4.69, 9.17) is 4.74 Å². The van der Waals surface area contributed by atoms with Crippen LogP contribution in [0.4, 0.5) is 4.39 Å². The average Bonchev–Trinajstić information content (AvgIpc) is 2.14. The minimum atomic E-state index is -0.754. The highest BCUT2D eigenvalue weighted by atomic mass is 79.9. The van der Waals surface area contributed by atoms with Crippen LogP contribution in [-0.4, -0.2) is 17.9 Å². The van der Waals surface area contributed by atoms with Gasteiger partial charge in [-0.05, 0) is 48.8 Å². The minimum Gasteiger partial charge on any atom is -0.456 e. The Hall–Kier alpha value is -1.23. The third kappa shape index (κ3) is 3.63. The highest BCUT2D eigenvalue weighted by molar-refractivity contribution is 9.10. The molecule has 5 heteroatoms. The van der Waals surface area contributed by atoms with Gasteiger partial charge in [-0.25, -0.2) is 9.18 Å². The molecule has 0 spiro atoms. The van der Waals surface area contributed by atoms with Crippen LogP contribution in [0.5, 0.6) is 0 Å². The normalized spacial score (nSPS) is 11.1. The standard InChI is InChI=1S/C12H12BrFO3/c1-12(2,3)17-11(16)7-4-9(13)8(6-15)10(14)5-7/h4-6H,1-3H3. The van der Waals surface area contributed by atoms with E-state index in [1.807, 2.05) is 0 Å². The predicted molar refractivity (Wildman–Crippen MR) is 64.7 cm³/mol. The van der Waals surface area contributed by atoms with E-state index in [2.05, 4.69) is 15.9 Å². The maximum Gasteiger partial charge on any atom is 0.338 e. The maximum absolute atomic E-state index is 13.4. The molecule has 0 saturated heterocycles. The molecule has 0 aromatic heterocycles. The summed E-state index contributed by atoms with van der Waals surface area (Å²) in [6.45, 7) is 5.16. The molecule has 0 aliphatic rings. The highest BCUT2D eigenvalue weighted by Crippen LogP contribution is 2.22. The van der Waals surface area contributed by atoms with Crippen LogP contribution < -0.4 is 0 Å². The van der Waals surface area contributed by atoms with Crippen molar-refractivity contribution in [1.29, 1.82) is 0 Å².